The van der Waals surface area contributed by atoms with E-state index in [-0.39, 0.29) is 37.0 Å². The van der Waals surface area contributed by atoms with E-state index in [0.29, 0.717) is 22.5 Å². The second-order valence-corrected chi connectivity index (χ2v) is 10.2. The molecular weight excluding hydrogens is 597 g/mol. The van der Waals surface area contributed by atoms with Crippen molar-refractivity contribution in [3.8, 4) is 22.5 Å². The molecule has 0 aliphatic heterocycles. The quantitative estimate of drug-likeness (QED) is 0.144. The molecule has 10 heteroatoms. The van der Waals surface area contributed by atoms with Crippen LogP contribution >= 0.6 is 34.8 Å². The molecule has 3 aromatic heterocycles. The summed E-state index contributed by atoms with van der Waals surface area (Å²) < 4.78 is 54.0. The predicted molar refractivity (Wildman–Crippen MR) is 156 cm³/mol. The maximum atomic E-state index is 14.1. The van der Waals surface area contributed by atoms with Crippen molar-refractivity contribution in [2.75, 3.05) is 0 Å². The van der Waals surface area contributed by atoms with Crippen LogP contribution in [0.4, 0.5) is 17.6 Å². The summed E-state index contributed by atoms with van der Waals surface area (Å²) in [6.45, 7) is 3.38. The van der Waals surface area contributed by atoms with Crippen LogP contribution < -0.4 is 0 Å². The molecule has 3 heterocycles. The average molecular weight is 615 g/mol. The van der Waals surface area contributed by atoms with Crippen molar-refractivity contribution in [3.05, 3.63) is 123 Å². The largest absolute Gasteiger partial charge is 0.255 e. The summed E-state index contributed by atoms with van der Waals surface area (Å²) in [5.74, 6) is -2.86. The fraction of sp³-hybridized carbons (Fsp3) is 0.0645. The first-order valence-electron chi connectivity index (χ1n) is 12.1. The number of aromatic nitrogens is 3. The second-order valence-electron chi connectivity index (χ2n) is 9.10. The Balaban J connectivity index is 0.000000191. The van der Waals surface area contributed by atoms with Gasteiger partial charge in [0.2, 0.25) is 0 Å². The first-order valence-corrected chi connectivity index (χ1v) is 13.3. The van der Waals surface area contributed by atoms with E-state index in [0.717, 1.165) is 29.3 Å². The summed E-state index contributed by atoms with van der Waals surface area (Å²) in [4.78, 5) is 12.7. The standard InChI is InChI=1S/C21H13ClF2N2.C10H5Cl2F2N/c1-12-20(22)19-16(24)10-15(23)11-17(19)26-21(12)18-9-14(7-8-25-18)13-5-3-2-4-6-13;1-4-9(11)8-6(14)2-5(13)3-7(8)15-10(4)12/h2-11H,1H3;2-3H,1H3. The first kappa shape index (κ1) is 28.7. The Hall–Kier alpha value is -3.78. The maximum Gasteiger partial charge on any atom is 0.137 e. The Bertz CT molecular complexity index is 1950. The Kier molecular flexibility index (Phi) is 8.13. The Morgan fingerprint density at radius 1 is 0.610 bits per heavy atom. The molecular formula is C31H18Cl3F4N3. The third-order valence-electron chi connectivity index (χ3n) is 6.39. The minimum Gasteiger partial charge on any atom is -0.255 e. The van der Waals surface area contributed by atoms with Crippen LogP contribution in [0.25, 0.3) is 44.3 Å². The molecule has 0 fully saturated rings. The molecule has 6 rings (SSSR count). The van der Waals surface area contributed by atoms with Gasteiger partial charge < -0.3 is 0 Å². The van der Waals surface area contributed by atoms with Crippen LogP contribution in [0.5, 0.6) is 0 Å². The van der Waals surface area contributed by atoms with Crippen molar-refractivity contribution < 1.29 is 17.6 Å². The highest BCUT2D eigenvalue weighted by molar-refractivity contribution is 6.39. The summed E-state index contributed by atoms with van der Waals surface area (Å²) in [5, 5.41) is 0.753. The Morgan fingerprint density at radius 2 is 1.17 bits per heavy atom. The molecule has 0 aliphatic rings. The van der Waals surface area contributed by atoms with E-state index in [1.54, 1.807) is 20.0 Å². The van der Waals surface area contributed by atoms with Gasteiger partial charge >= 0.3 is 0 Å². The number of fused-ring (bicyclic) bond motifs is 2. The van der Waals surface area contributed by atoms with E-state index in [9.17, 15) is 17.6 Å². The third kappa shape index (κ3) is 5.71. The summed E-state index contributed by atoms with van der Waals surface area (Å²) in [6.07, 6.45) is 1.68. The molecule has 0 bridgehead atoms. The number of nitrogens with zero attached hydrogens (tertiary/aromatic N) is 3. The summed E-state index contributed by atoms with van der Waals surface area (Å²) in [7, 11) is 0. The number of rotatable bonds is 2. The molecule has 3 aromatic carbocycles. The summed E-state index contributed by atoms with van der Waals surface area (Å²) in [5.41, 5.74) is 4.48. The minimum atomic E-state index is -0.734. The van der Waals surface area contributed by atoms with Gasteiger partial charge in [-0.3, -0.25) is 4.98 Å². The number of pyridine rings is 3. The fourth-order valence-electron chi connectivity index (χ4n) is 4.31. The number of hydrogen-bond acceptors (Lipinski definition) is 3. The second kappa shape index (κ2) is 11.6. The molecule has 0 saturated carbocycles. The van der Waals surface area contributed by atoms with E-state index in [1.807, 2.05) is 42.5 Å². The van der Waals surface area contributed by atoms with E-state index in [2.05, 4.69) is 15.0 Å². The molecule has 0 radical (unpaired) electrons. The minimum absolute atomic E-state index is 0.0972. The number of halogens is 7. The third-order valence-corrected chi connectivity index (χ3v) is 7.70. The van der Waals surface area contributed by atoms with Gasteiger partial charge in [-0.15, -0.1) is 0 Å². The number of benzene rings is 3. The molecule has 0 aliphatic carbocycles. The van der Waals surface area contributed by atoms with Crippen LogP contribution in [-0.2, 0) is 0 Å². The zero-order valence-electron chi connectivity index (χ0n) is 21.4. The molecule has 41 heavy (non-hydrogen) atoms. The molecule has 0 saturated heterocycles. The Morgan fingerprint density at radius 3 is 1.78 bits per heavy atom. The van der Waals surface area contributed by atoms with Gasteiger partial charge in [-0.1, -0.05) is 65.1 Å². The van der Waals surface area contributed by atoms with Gasteiger partial charge in [-0.25, -0.2) is 27.5 Å². The van der Waals surface area contributed by atoms with Gasteiger partial charge in [0, 0.05) is 36.0 Å². The molecule has 0 amide bonds. The van der Waals surface area contributed by atoms with Gasteiger partial charge in [0.25, 0.3) is 0 Å². The highest BCUT2D eigenvalue weighted by Gasteiger charge is 2.17. The topological polar surface area (TPSA) is 38.7 Å². The van der Waals surface area contributed by atoms with Crippen molar-refractivity contribution in [3.63, 3.8) is 0 Å². The SMILES string of the molecule is Cc1c(-c2cc(-c3ccccc3)ccn2)nc2cc(F)cc(F)c2c1Cl.Cc1c(Cl)nc2cc(F)cc(F)c2c1Cl. The van der Waals surface area contributed by atoms with Gasteiger partial charge in [0.15, 0.2) is 0 Å². The van der Waals surface area contributed by atoms with Crippen LogP contribution in [0.2, 0.25) is 15.2 Å². The maximum absolute atomic E-state index is 14.1. The highest BCUT2D eigenvalue weighted by atomic mass is 35.5. The lowest BCUT2D eigenvalue weighted by Crippen LogP contribution is -1.97. The lowest BCUT2D eigenvalue weighted by Gasteiger charge is -2.11. The van der Waals surface area contributed by atoms with E-state index in [4.69, 9.17) is 34.8 Å². The van der Waals surface area contributed by atoms with Crippen molar-refractivity contribution in [1.82, 2.24) is 15.0 Å². The lowest BCUT2D eigenvalue weighted by atomic mass is 10.0. The van der Waals surface area contributed by atoms with Crippen molar-refractivity contribution in [1.29, 1.82) is 0 Å². The molecule has 6 aromatic rings. The molecule has 0 unspecified atom stereocenters. The fourth-order valence-corrected chi connectivity index (χ4v) is 5.10. The lowest BCUT2D eigenvalue weighted by molar-refractivity contribution is 0.590. The van der Waals surface area contributed by atoms with Gasteiger partial charge in [-0.2, -0.15) is 0 Å². The smallest absolute Gasteiger partial charge is 0.137 e. The van der Waals surface area contributed by atoms with Crippen LogP contribution in [0.15, 0.2) is 72.9 Å². The van der Waals surface area contributed by atoms with Gasteiger partial charge in [0.05, 0.1) is 43.2 Å². The van der Waals surface area contributed by atoms with Crippen LogP contribution in [0.3, 0.4) is 0 Å². The van der Waals surface area contributed by atoms with Crippen LogP contribution in [-0.4, -0.2) is 15.0 Å². The van der Waals surface area contributed by atoms with Gasteiger partial charge in [-0.05, 0) is 42.7 Å². The zero-order chi connectivity index (χ0) is 29.4. The average Bonchev–Trinajstić information content (AvgIpc) is 2.94. The van der Waals surface area contributed by atoms with Crippen molar-refractivity contribution in [2.45, 2.75) is 13.8 Å². The van der Waals surface area contributed by atoms with E-state index in [1.165, 1.54) is 6.07 Å². The molecule has 3 nitrogen and oxygen atoms in total. The summed E-state index contributed by atoms with van der Waals surface area (Å²) >= 11 is 18.0. The van der Waals surface area contributed by atoms with Crippen molar-refractivity contribution in [2.24, 2.45) is 0 Å². The highest BCUT2D eigenvalue weighted by Crippen LogP contribution is 2.35. The molecule has 206 valence electrons. The monoisotopic (exact) mass is 613 g/mol. The number of hydrogen-bond donors (Lipinski definition) is 0. The molecule has 0 N–H and O–H groups in total. The van der Waals surface area contributed by atoms with E-state index < -0.39 is 23.3 Å². The molecule has 0 spiro atoms. The predicted octanol–water partition coefficient (Wildman–Crippen LogP) is 10.3. The zero-order valence-corrected chi connectivity index (χ0v) is 23.7. The van der Waals surface area contributed by atoms with Crippen LogP contribution in [0, 0.1) is 37.1 Å². The summed E-state index contributed by atoms with van der Waals surface area (Å²) in [6, 6.07) is 17.5. The normalized spacial score (nSPS) is 11.0. The van der Waals surface area contributed by atoms with Crippen molar-refractivity contribution >= 4 is 56.6 Å². The first-order chi connectivity index (χ1) is 19.5. The van der Waals surface area contributed by atoms with Gasteiger partial charge in [0.1, 0.15) is 28.4 Å². The van der Waals surface area contributed by atoms with Crippen LogP contribution in [0.1, 0.15) is 11.1 Å². The Labute approximate surface area is 247 Å². The molecule has 0 atom stereocenters. The van der Waals surface area contributed by atoms with E-state index >= 15 is 0 Å².